The molecule has 28 heavy (non-hydrogen) atoms. The van der Waals surface area contributed by atoms with Gasteiger partial charge in [0.2, 0.25) is 0 Å². The summed E-state index contributed by atoms with van der Waals surface area (Å²) in [5, 5.41) is 0.670. The number of benzene rings is 2. The van der Waals surface area contributed by atoms with Gasteiger partial charge in [0.25, 0.3) is 11.8 Å². The molecular weight excluding hydrogens is 380 g/mol. The second-order valence-electron chi connectivity index (χ2n) is 6.89. The number of nitrogens with one attached hydrogen (secondary N) is 2. The Morgan fingerprint density at radius 2 is 1.68 bits per heavy atom. The molecule has 2 aromatic rings. The number of hydrogen-bond donors (Lipinski definition) is 2. The minimum absolute atomic E-state index is 0.238. The van der Waals surface area contributed by atoms with Gasteiger partial charge in [-0.25, -0.2) is 0 Å². The van der Waals surface area contributed by atoms with E-state index in [9.17, 15) is 9.59 Å². The zero-order valence-corrected chi connectivity index (χ0v) is 17.2. The molecule has 150 valence electrons. The minimum Gasteiger partial charge on any atom is -0.493 e. The highest BCUT2D eigenvalue weighted by Gasteiger charge is 2.10. The van der Waals surface area contributed by atoms with Crippen LogP contribution >= 0.6 is 11.6 Å². The third kappa shape index (κ3) is 6.46. The van der Waals surface area contributed by atoms with E-state index in [1.165, 1.54) is 0 Å². The molecule has 2 aromatic carbocycles. The van der Waals surface area contributed by atoms with Gasteiger partial charge in [-0.05, 0) is 61.2 Å². The van der Waals surface area contributed by atoms with Gasteiger partial charge in [0, 0.05) is 10.6 Å². The van der Waals surface area contributed by atoms with Crippen LogP contribution in [0.5, 0.6) is 11.5 Å². The number of hydrazine groups is 1. The molecular formula is C21H25ClN2O4. The van der Waals surface area contributed by atoms with E-state index >= 15 is 0 Å². The van der Waals surface area contributed by atoms with Crippen LogP contribution in [-0.2, 0) is 4.79 Å². The average molecular weight is 405 g/mol. The van der Waals surface area contributed by atoms with E-state index in [1.807, 2.05) is 27.7 Å². The molecule has 0 spiro atoms. The van der Waals surface area contributed by atoms with Crippen molar-refractivity contribution in [1.82, 2.24) is 10.9 Å². The fraction of sp³-hybridized carbons (Fsp3) is 0.333. The van der Waals surface area contributed by atoms with Crippen LogP contribution in [-0.4, -0.2) is 25.0 Å². The molecule has 7 heteroatoms. The van der Waals surface area contributed by atoms with E-state index < -0.39 is 11.8 Å². The Hall–Kier alpha value is -2.73. The number of rotatable bonds is 7. The van der Waals surface area contributed by atoms with Gasteiger partial charge in [-0.1, -0.05) is 31.5 Å². The second kappa shape index (κ2) is 9.99. The first-order chi connectivity index (χ1) is 13.3. The van der Waals surface area contributed by atoms with Crippen LogP contribution in [0, 0.1) is 19.8 Å². The first-order valence-corrected chi connectivity index (χ1v) is 9.35. The Balaban J connectivity index is 1.84. The highest BCUT2D eigenvalue weighted by Crippen LogP contribution is 2.25. The molecule has 0 unspecified atom stereocenters. The normalized spacial score (nSPS) is 10.5. The van der Waals surface area contributed by atoms with Crippen LogP contribution < -0.4 is 20.3 Å². The summed E-state index contributed by atoms with van der Waals surface area (Å²) in [5.41, 5.74) is 6.81. The molecule has 0 radical (unpaired) electrons. The van der Waals surface area contributed by atoms with Gasteiger partial charge in [-0.15, -0.1) is 0 Å². The number of aryl methyl sites for hydroxylation is 2. The summed E-state index contributed by atoms with van der Waals surface area (Å²) in [5.74, 6) is 0.595. The molecule has 0 saturated heterocycles. The summed E-state index contributed by atoms with van der Waals surface area (Å²) in [6, 6.07) is 10.3. The summed E-state index contributed by atoms with van der Waals surface area (Å²) >= 11 is 6.11. The average Bonchev–Trinajstić information content (AvgIpc) is 2.67. The maximum absolute atomic E-state index is 12.2. The highest BCUT2D eigenvalue weighted by molar-refractivity contribution is 6.32. The van der Waals surface area contributed by atoms with E-state index in [4.69, 9.17) is 21.1 Å². The molecule has 0 saturated carbocycles. The number of carbonyl (C=O) groups is 2. The predicted octanol–water partition coefficient (Wildman–Crippen LogP) is 3.83. The minimum atomic E-state index is -0.481. The van der Waals surface area contributed by atoms with Crippen LogP contribution in [0.15, 0.2) is 36.4 Å². The van der Waals surface area contributed by atoms with Gasteiger partial charge in [0.15, 0.2) is 6.61 Å². The van der Waals surface area contributed by atoms with Gasteiger partial charge < -0.3 is 9.47 Å². The molecule has 0 fully saturated rings. The molecule has 2 N–H and O–H groups in total. The zero-order chi connectivity index (χ0) is 20.7. The number of hydrogen-bond acceptors (Lipinski definition) is 4. The molecule has 0 heterocycles. The Morgan fingerprint density at radius 3 is 2.32 bits per heavy atom. The molecule has 6 nitrogen and oxygen atoms in total. The molecule has 2 rings (SSSR count). The third-order valence-corrected chi connectivity index (χ3v) is 4.37. The smallest absolute Gasteiger partial charge is 0.276 e. The Bertz CT molecular complexity index is 829. The Kier molecular flexibility index (Phi) is 7.70. The molecule has 2 amide bonds. The maximum atomic E-state index is 12.2. The van der Waals surface area contributed by atoms with E-state index in [2.05, 4.69) is 10.9 Å². The predicted molar refractivity (Wildman–Crippen MR) is 109 cm³/mol. The van der Waals surface area contributed by atoms with E-state index in [0.29, 0.717) is 34.6 Å². The first-order valence-electron chi connectivity index (χ1n) is 8.98. The van der Waals surface area contributed by atoms with Gasteiger partial charge in [-0.2, -0.15) is 0 Å². The topological polar surface area (TPSA) is 76.7 Å². The SMILES string of the molecule is Cc1cc(OCC(=O)NNC(=O)c2cccc(OCC(C)C)c2)cc(C)c1Cl. The molecule has 0 aromatic heterocycles. The van der Waals surface area contributed by atoms with Crippen molar-refractivity contribution in [3.63, 3.8) is 0 Å². The molecule has 0 aliphatic carbocycles. The summed E-state index contributed by atoms with van der Waals surface area (Å²) in [6.45, 7) is 8.13. The first kappa shape index (κ1) is 21.6. The lowest BCUT2D eigenvalue weighted by atomic mass is 10.1. The maximum Gasteiger partial charge on any atom is 0.276 e. The van der Waals surface area contributed by atoms with Crippen LogP contribution in [0.4, 0.5) is 0 Å². The molecule has 0 atom stereocenters. The van der Waals surface area contributed by atoms with Crippen molar-refractivity contribution >= 4 is 23.4 Å². The summed E-state index contributed by atoms with van der Waals surface area (Å²) in [7, 11) is 0. The summed E-state index contributed by atoms with van der Waals surface area (Å²) in [4.78, 5) is 24.1. The number of ether oxygens (including phenoxy) is 2. The number of halogens is 1. The van der Waals surface area contributed by atoms with Crippen molar-refractivity contribution in [2.75, 3.05) is 13.2 Å². The fourth-order valence-corrected chi connectivity index (χ4v) is 2.47. The summed E-state index contributed by atoms with van der Waals surface area (Å²) in [6.07, 6.45) is 0. The zero-order valence-electron chi connectivity index (χ0n) is 16.5. The molecule has 0 aliphatic heterocycles. The van der Waals surface area contributed by atoms with Crippen molar-refractivity contribution in [1.29, 1.82) is 0 Å². The number of amides is 2. The van der Waals surface area contributed by atoms with Crippen LogP contribution in [0.25, 0.3) is 0 Å². The van der Waals surface area contributed by atoms with E-state index in [1.54, 1.807) is 36.4 Å². The van der Waals surface area contributed by atoms with Crippen LogP contribution in [0.1, 0.15) is 35.3 Å². The van der Waals surface area contributed by atoms with Gasteiger partial charge in [-0.3, -0.25) is 20.4 Å². The highest BCUT2D eigenvalue weighted by atomic mass is 35.5. The van der Waals surface area contributed by atoms with Crippen molar-refractivity contribution < 1.29 is 19.1 Å². The second-order valence-corrected chi connectivity index (χ2v) is 7.27. The molecule has 0 aliphatic rings. The van der Waals surface area contributed by atoms with Crippen LogP contribution in [0.3, 0.4) is 0 Å². The monoisotopic (exact) mass is 404 g/mol. The largest absolute Gasteiger partial charge is 0.493 e. The van der Waals surface area contributed by atoms with Crippen molar-refractivity contribution in [2.24, 2.45) is 5.92 Å². The third-order valence-electron chi connectivity index (χ3n) is 3.77. The number of carbonyl (C=O) groups excluding carboxylic acids is 2. The lowest BCUT2D eigenvalue weighted by molar-refractivity contribution is -0.123. The Morgan fingerprint density at radius 1 is 1.00 bits per heavy atom. The molecule has 0 bridgehead atoms. The van der Waals surface area contributed by atoms with Crippen LogP contribution in [0.2, 0.25) is 5.02 Å². The summed E-state index contributed by atoms with van der Waals surface area (Å²) < 4.78 is 11.1. The van der Waals surface area contributed by atoms with Gasteiger partial charge in [0.1, 0.15) is 11.5 Å². The fourth-order valence-electron chi connectivity index (χ4n) is 2.36. The standard InChI is InChI=1S/C21H25ClN2O4/c1-13(2)11-27-17-7-5-6-16(10-17)21(26)24-23-19(25)12-28-18-8-14(3)20(22)15(4)9-18/h5-10,13H,11-12H2,1-4H3,(H,23,25)(H,24,26). The van der Waals surface area contributed by atoms with Crippen molar-refractivity contribution in [3.8, 4) is 11.5 Å². The van der Waals surface area contributed by atoms with E-state index in [-0.39, 0.29) is 6.61 Å². The van der Waals surface area contributed by atoms with E-state index in [0.717, 1.165) is 11.1 Å². The quantitative estimate of drug-likeness (QED) is 0.687. The van der Waals surface area contributed by atoms with Gasteiger partial charge >= 0.3 is 0 Å². The van der Waals surface area contributed by atoms with Gasteiger partial charge in [0.05, 0.1) is 6.61 Å². The van der Waals surface area contributed by atoms with Crippen molar-refractivity contribution in [3.05, 3.63) is 58.1 Å². The lowest BCUT2D eigenvalue weighted by Crippen LogP contribution is -2.43. The Labute approximate surface area is 170 Å². The van der Waals surface area contributed by atoms with Crippen molar-refractivity contribution in [2.45, 2.75) is 27.7 Å². The lowest BCUT2D eigenvalue weighted by Gasteiger charge is -2.12.